The second-order valence-electron chi connectivity index (χ2n) is 8.68. The Bertz CT molecular complexity index is 780. The zero-order chi connectivity index (χ0) is 25.3. The van der Waals surface area contributed by atoms with Gasteiger partial charge in [0.05, 0.1) is 25.0 Å². The largest absolute Gasteiger partial charge is 0.461 e. The van der Waals surface area contributed by atoms with Crippen LogP contribution in [0.4, 0.5) is 0 Å². The summed E-state index contributed by atoms with van der Waals surface area (Å²) in [5.41, 5.74) is 1.07. The Kier molecular flexibility index (Phi) is 14.2. The molecule has 0 heterocycles. The van der Waals surface area contributed by atoms with Gasteiger partial charge >= 0.3 is 5.97 Å². The average molecular weight is 473 g/mol. The van der Waals surface area contributed by atoms with E-state index in [1.54, 1.807) is 19.9 Å². The Morgan fingerprint density at radius 2 is 1.79 bits per heavy atom. The lowest BCUT2D eigenvalue weighted by Gasteiger charge is -2.21. The van der Waals surface area contributed by atoms with Gasteiger partial charge in [0.15, 0.2) is 0 Å². The van der Waals surface area contributed by atoms with Gasteiger partial charge in [0.2, 0.25) is 11.8 Å². The molecule has 0 aromatic heterocycles. The van der Waals surface area contributed by atoms with E-state index in [1.807, 2.05) is 36.4 Å². The van der Waals surface area contributed by atoms with Gasteiger partial charge in [0.25, 0.3) is 0 Å². The number of aliphatic hydroxyl groups excluding tert-OH is 1. The lowest BCUT2D eigenvalue weighted by Crippen LogP contribution is -2.41. The van der Waals surface area contributed by atoms with Crippen molar-refractivity contribution in [1.29, 1.82) is 0 Å². The third-order valence-corrected chi connectivity index (χ3v) is 5.44. The molecular formula is C27H40N2O5. The summed E-state index contributed by atoms with van der Waals surface area (Å²) in [5.74, 6) is -1.76. The van der Waals surface area contributed by atoms with Crippen molar-refractivity contribution >= 4 is 17.8 Å². The number of esters is 1. The van der Waals surface area contributed by atoms with E-state index in [0.717, 1.165) is 18.4 Å². The maximum Gasteiger partial charge on any atom is 0.309 e. The highest BCUT2D eigenvalue weighted by atomic mass is 16.5. The molecular weight excluding hydrogens is 432 g/mol. The Labute approximate surface area is 203 Å². The molecule has 7 heteroatoms. The van der Waals surface area contributed by atoms with Crippen LogP contribution in [0.5, 0.6) is 0 Å². The quantitative estimate of drug-likeness (QED) is 0.183. The molecule has 0 aliphatic rings. The molecule has 0 aliphatic heterocycles. The molecule has 188 valence electrons. The van der Waals surface area contributed by atoms with Crippen molar-refractivity contribution in [3.8, 4) is 0 Å². The van der Waals surface area contributed by atoms with Crippen LogP contribution in [-0.4, -0.2) is 48.2 Å². The average Bonchev–Trinajstić information content (AvgIpc) is 2.82. The number of allylic oxidation sites excluding steroid dienone is 2. The van der Waals surface area contributed by atoms with Crippen molar-refractivity contribution in [3.05, 3.63) is 61.2 Å². The molecule has 0 spiro atoms. The van der Waals surface area contributed by atoms with Crippen molar-refractivity contribution in [3.63, 3.8) is 0 Å². The first-order valence-corrected chi connectivity index (χ1v) is 11.9. The Morgan fingerprint density at radius 1 is 1.09 bits per heavy atom. The molecule has 1 aromatic rings. The van der Waals surface area contributed by atoms with Crippen molar-refractivity contribution in [2.24, 2.45) is 11.8 Å². The van der Waals surface area contributed by atoms with Gasteiger partial charge in [-0.2, -0.15) is 0 Å². The molecule has 7 nitrogen and oxygen atoms in total. The van der Waals surface area contributed by atoms with E-state index in [2.05, 4.69) is 23.8 Å². The minimum absolute atomic E-state index is 0.0151. The molecule has 3 N–H and O–H groups in total. The fourth-order valence-electron chi connectivity index (χ4n) is 3.52. The predicted molar refractivity (Wildman–Crippen MR) is 134 cm³/mol. The van der Waals surface area contributed by atoms with Gasteiger partial charge in [-0.25, -0.2) is 0 Å². The molecule has 34 heavy (non-hydrogen) atoms. The topological polar surface area (TPSA) is 105 Å². The number of ether oxygens (including phenoxy) is 1. The van der Waals surface area contributed by atoms with Crippen molar-refractivity contribution < 1.29 is 24.2 Å². The van der Waals surface area contributed by atoms with Gasteiger partial charge in [-0.3, -0.25) is 14.4 Å². The van der Waals surface area contributed by atoms with E-state index in [1.165, 1.54) is 0 Å². The SMILES string of the molecule is C=CCCCC(Cc1ccccc1)C(=O)OC(C)CNC(=O)C(CC=C)CC(=O)NC(C)CO. The van der Waals surface area contributed by atoms with Gasteiger partial charge in [-0.15, -0.1) is 13.2 Å². The van der Waals surface area contributed by atoms with E-state index < -0.39 is 12.0 Å². The Balaban J connectivity index is 2.62. The molecule has 0 saturated heterocycles. The number of hydrogen-bond acceptors (Lipinski definition) is 5. The summed E-state index contributed by atoms with van der Waals surface area (Å²) < 4.78 is 5.65. The monoisotopic (exact) mass is 472 g/mol. The highest BCUT2D eigenvalue weighted by Crippen LogP contribution is 2.18. The second kappa shape index (κ2) is 16.6. The third-order valence-electron chi connectivity index (χ3n) is 5.44. The highest BCUT2D eigenvalue weighted by Gasteiger charge is 2.24. The van der Waals surface area contributed by atoms with E-state index in [-0.39, 0.29) is 49.3 Å². The van der Waals surface area contributed by atoms with Gasteiger partial charge in [-0.05, 0) is 51.5 Å². The highest BCUT2D eigenvalue weighted by molar-refractivity contribution is 5.86. The zero-order valence-electron chi connectivity index (χ0n) is 20.5. The molecule has 0 fully saturated rings. The number of amides is 2. The molecule has 0 saturated carbocycles. The first-order valence-electron chi connectivity index (χ1n) is 11.9. The van der Waals surface area contributed by atoms with E-state index in [4.69, 9.17) is 9.84 Å². The van der Waals surface area contributed by atoms with Crippen molar-refractivity contribution in [2.45, 2.75) is 64.5 Å². The summed E-state index contributed by atoms with van der Waals surface area (Å²) in [6, 6.07) is 9.45. The summed E-state index contributed by atoms with van der Waals surface area (Å²) in [4.78, 5) is 37.6. The number of carbonyl (C=O) groups excluding carboxylic acids is 3. The summed E-state index contributed by atoms with van der Waals surface area (Å²) in [7, 11) is 0. The minimum Gasteiger partial charge on any atom is -0.461 e. The third kappa shape index (κ3) is 11.8. The molecule has 2 amide bonds. The number of carbonyl (C=O) groups is 3. The van der Waals surface area contributed by atoms with Crippen LogP contribution in [0.1, 0.15) is 51.5 Å². The summed E-state index contributed by atoms with van der Waals surface area (Å²) in [5, 5.41) is 14.5. The number of benzene rings is 1. The van der Waals surface area contributed by atoms with Crippen LogP contribution in [-0.2, 0) is 25.5 Å². The van der Waals surface area contributed by atoms with Crippen LogP contribution in [0, 0.1) is 11.8 Å². The predicted octanol–water partition coefficient (Wildman–Crippen LogP) is 3.33. The second-order valence-corrected chi connectivity index (χ2v) is 8.68. The maximum absolute atomic E-state index is 12.9. The molecule has 1 aromatic carbocycles. The number of unbranched alkanes of at least 4 members (excludes halogenated alkanes) is 1. The number of rotatable bonds is 17. The normalized spacial score (nSPS) is 14.2. The molecule has 0 bridgehead atoms. The van der Waals surface area contributed by atoms with E-state index in [0.29, 0.717) is 19.3 Å². The van der Waals surface area contributed by atoms with Gasteiger partial charge in [0, 0.05) is 12.5 Å². The van der Waals surface area contributed by atoms with Crippen LogP contribution in [0.2, 0.25) is 0 Å². The molecule has 4 atom stereocenters. The molecule has 0 aliphatic carbocycles. The van der Waals surface area contributed by atoms with Crippen LogP contribution < -0.4 is 10.6 Å². The maximum atomic E-state index is 12.9. The van der Waals surface area contributed by atoms with Crippen molar-refractivity contribution in [1.82, 2.24) is 10.6 Å². The van der Waals surface area contributed by atoms with Crippen LogP contribution in [0.25, 0.3) is 0 Å². The van der Waals surface area contributed by atoms with Gasteiger partial charge in [0.1, 0.15) is 6.10 Å². The first kappa shape index (κ1) is 29.1. The van der Waals surface area contributed by atoms with Crippen LogP contribution in [0.3, 0.4) is 0 Å². The standard InChI is InChI=1S/C27H40N2O5/c1-5-7-9-15-24(16-22-13-10-8-11-14-22)27(33)34-21(4)18-28-26(32)23(12-6-2)17-25(31)29-20(3)19-30/h5-6,8,10-11,13-14,20-21,23-24,30H,1-2,7,9,12,15-19H2,3-4H3,(H,28,32)(H,29,31). The first-order chi connectivity index (χ1) is 16.3. The zero-order valence-corrected chi connectivity index (χ0v) is 20.5. The summed E-state index contributed by atoms with van der Waals surface area (Å²) in [6.45, 7) is 10.8. The Hall–Kier alpha value is -2.93. The molecule has 1 rings (SSSR count). The fraction of sp³-hybridized carbons (Fsp3) is 0.519. The minimum atomic E-state index is -0.587. The summed E-state index contributed by atoms with van der Waals surface area (Å²) >= 11 is 0. The number of hydrogen-bond donors (Lipinski definition) is 3. The number of aliphatic hydroxyl groups is 1. The van der Waals surface area contributed by atoms with Crippen LogP contribution >= 0.6 is 0 Å². The number of nitrogens with one attached hydrogen (secondary N) is 2. The lowest BCUT2D eigenvalue weighted by atomic mass is 9.94. The summed E-state index contributed by atoms with van der Waals surface area (Å²) in [6.07, 6.45) is 6.21. The lowest BCUT2D eigenvalue weighted by molar-refractivity contribution is -0.153. The van der Waals surface area contributed by atoms with Crippen LogP contribution in [0.15, 0.2) is 55.6 Å². The Morgan fingerprint density at radius 3 is 2.41 bits per heavy atom. The van der Waals surface area contributed by atoms with E-state index in [9.17, 15) is 14.4 Å². The smallest absolute Gasteiger partial charge is 0.309 e. The van der Waals surface area contributed by atoms with E-state index >= 15 is 0 Å². The van der Waals surface area contributed by atoms with Crippen molar-refractivity contribution in [2.75, 3.05) is 13.2 Å². The van der Waals surface area contributed by atoms with Gasteiger partial charge in [-0.1, -0.05) is 42.5 Å². The molecule has 4 unspecified atom stereocenters. The van der Waals surface area contributed by atoms with Gasteiger partial charge < -0.3 is 20.5 Å². The molecule has 0 radical (unpaired) electrons. The fourth-order valence-corrected chi connectivity index (χ4v) is 3.52.